The Labute approximate surface area is 181 Å². The summed E-state index contributed by atoms with van der Waals surface area (Å²) in [5.74, 6) is 0.451. The Bertz CT molecular complexity index is 1090. The molecular weight excluding hydrogens is 390 g/mol. The van der Waals surface area contributed by atoms with Crippen molar-refractivity contribution in [3.63, 3.8) is 0 Å². The van der Waals surface area contributed by atoms with Crippen molar-refractivity contribution in [3.05, 3.63) is 65.6 Å². The molecule has 4 rings (SSSR count). The van der Waals surface area contributed by atoms with Crippen molar-refractivity contribution < 1.29 is 4.79 Å². The predicted octanol–water partition coefficient (Wildman–Crippen LogP) is 3.27. The van der Waals surface area contributed by atoms with Gasteiger partial charge in [-0.05, 0) is 43.9 Å². The number of nitrogens with zero attached hydrogens (tertiary/aromatic N) is 4. The number of fused-ring (bicyclic) bond motifs is 1. The van der Waals surface area contributed by atoms with Gasteiger partial charge in [-0.1, -0.05) is 29.8 Å². The maximum absolute atomic E-state index is 12.2. The molecule has 0 atom stereocenters. The molecule has 8 nitrogen and oxygen atoms in total. The summed E-state index contributed by atoms with van der Waals surface area (Å²) in [5, 5.41) is 7.55. The number of carbonyl (C=O) groups is 1. The van der Waals surface area contributed by atoms with Gasteiger partial charge in [0.1, 0.15) is 11.3 Å². The maximum Gasteiger partial charge on any atom is 0.320 e. The van der Waals surface area contributed by atoms with Gasteiger partial charge < -0.3 is 10.3 Å². The second kappa shape index (κ2) is 9.53. The number of aromatic nitrogens is 3. The van der Waals surface area contributed by atoms with Gasteiger partial charge >= 0.3 is 6.03 Å². The van der Waals surface area contributed by atoms with E-state index < -0.39 is 0 Å². The zero-order chi connectivity index (χ0) is 21.6. The molecule has 3 aromatic rings. The number of urea groups is 1. The normalized spacial score (nSPS) is 13.4. The summed E-state index contributed by atoms with van der Waals surface area (Å²) in [6.45, 7) is 3.40. The van der Waals surface area contributed by atoms with Crippen LogP contribution < -0.4 is 16.1 Å². The Morgan fingerprint density at radius 3 is 2.74 bits per heavy atom. The first kappa shape index (κ1) is 20.7. The number of unbranched alkanes of at least 4 members (excludes halogenated alkanes) is 1. The highest BCUT2D eigenvalue weighted by Crippen LogP contribution is 2.18. The summed E-state index contributed by atoms with van der Waals surface area (Å²) < 4.78 is 0. The van der Waals surface area contributed by atoms with Crippen LogP contribution in [-0.4, -0.2) is 46.1 Å². The largest absolute Gasteiger partial charge is 0.338 e. The van der Waals surface area contributed by atoms with Crippen LogP contribution in [0.1, 0.15) is 29.7 Å². The molecule has 0 spiro atoms. The molecule has 0 fully saturated rings. The van der Waals surface area contributed by atoms with E-state index in [2.05, 4.69) is 62.2 Å². The van der Waals surface area contributed by atoms with Gasteiger partial charge in [-0.15, -0.1) is 0 Å². The zero-order valence-electron chi connectivity index (χ0n) is 17.9. The van der Waals surface area contributed by atoms with Gasteiger partial charge in [-0.2, -0.15) is 0 Å². The molecule has 0 saturated carbocycles. The van der Waals surface area contributed by atoms with Gasteiger partial charge in [-0.3, -0.25) is 10.3 Å². The Hall–Kier alpha value is -3.52. The number of carbonyl (C=O) groups excluding carboxylic acids is 1. The smallest absolute Gasteiger partial charge is 0.320 e. The molecule has 1 aliphatic heterocycles. The lowest BCUT2D eigenvalue weighted by Gasteiger charge is -2.08. The first-order chi connectivity index (χ1) is 15.1. The minimum absolute atomic E-state index is 0.268. The van der Waals surface area contributed by atoms with Crippen LogP contribution in [0, 0.1) is 6.92 Å². The number of aryl methyl sites for hydroxylation is 2. The van der Waals surface area contributed by atoms with E-state index in [1.807, 2.05) is 24.3 Å². The molecule has 0 aliphatic carbocycles. The van der Waals surface area contributed by atoms with Crippen LogP contribution in [0.4, 0.5) is 10.6 Å². The summed E-state index contributed by atoms with van der Waals surface area (Å²) in [6, 6.07) is 11.9. The molecule has 1 aliphatic rings. The molecule has 2 amide bonds. The second-order valence-corrected chi connectivity index (χ2v) is 7.72. The highest BCUT2D eigenvalue weighted by molar-refractivity contribution is 5.89. The number of pyridine rings is 1. The van der Waals surface area contributed by atoms with Gasteiger partial charge in [0, 0.05) is 31.9 Å². The number of nitrogens with one attached hydrogen (secondary N) is 3. The van der Waals surface area contributed by atoms with E-state index in [-0.39, 0.29) is 6.03 Å². The first-order valence-corrected chi connectivity index (χ1v) is 10.5. The molecule has 3 N–H and O–H groups in total. The lowest BCUT2D eigenvalue weighted by Crippen LogP contribution is -2.29. The molecule has 0 radical (unpaired) electrons. The van der Waals surface area contributed by atoms with Gasteiger partial charge in [0.25, 0.3) is 0 Å². The quantitative estimate of drug-likeness (QED) is 0.511. The van der Waals surface area contributed by atoms with Crippen molar-refractivity contribution in [1.82, 2.24) is 30.7 Å². The standard InChI is InChI=1S/C23H27N7O/c1-16-6-8-17(9-7-16)5-3-4-12-24-23(31)29-21-11-10-19-22(28-21)27-20(14-25-19)18-13-26-30(2)15-18/h6-11,14-15,26H,3-5,12-13H2,1-2H3,(H2,24,27,28,29,31). The summed E-state index contributed by atoms with van der Waals surface area (Å²) in [4.78, 5) is 25.7. The lowest BCUT2D eigenvalue weighted by molar-refractivity contribution is 0.252. The molecule has 0 saturated heterocycles. The molecule has 0 unspecified atom stereocenters. The Kier molecular flexibility index (Phi) is 6.37. The predicted molar refractivity (Wildman–Crippen MR) is 122 cm³/mol. The van der Waals surface area contributed by atoms with Gasteiger partial charge in [-0.25, -0.2) is 20.2 Å². The molecule has 1 aromatic carbocycles. The monoisotopic (exact) mass is 417 g/mol. The van der Waals surface area contributed by atoms with Crippen LogP contribution in [0.15, 0.2) is 48.8 Å². The van der Waals surface area contributed by atoms with Gasteiger partial charge in [0.15, 0.2) is 5.65 Å². The van der Waals surface area contributed by atoms with Crippen LogP contribution in [0.5, 0.6) is 0 Å². The van der Waals surface area contributed by atoms with Gasteiger partial charge in [0.05, 0.1) is 11.9 Å². The molecule has 8 heteroatoms. The van der Waals surface area contributed by atoms with E-state index in [0.717, 1.165) is 30.5 Å². The Balaban J connectivity index is 1.28. The average molecular weight is 418 g/mol. The van der Waals surface area contributed by atoms with E-state index in [4.69, 9.17) is 0 Å². The van der Waals surface area contributed by atoms with Crippen molar-refractivity contribution in [2.75, 3.05) is 25.5 Å². The maximum atomic E-state index is 12.2. The van der Waals surface area contributed by atoms with Crippen LogP contribution in [0.3, 0.4) is 0 Å². The van der Waals surface area contributed by atoms with Crippen molar-refractivity contribution in [3.8, 4) is 0 Å². The fraction of sp³-hybridized carbons (Fsp3) is 0.304. The summed E-state index contributed by atoms with van der Waals surface area (Å²) in [7, 11) is 1.93. The van der Waals surface area contributed by atoms with Crippen molar-refractivity contribution in [2.45, 2.75) is 26.2 Å². The summed E-state index contributed by atoms with van der Waals surface area (Å²) >= 11 is 0. The molecule has 0 bridgehead atoms. The molecule has 3 heterocycles. The minimum Gasteiger partial charge on any atom is -0.338 e. The number of rotatable bonds is 7. The van der Waals surface area contributed by atoms with E-state index in [0.29, 0.717) is 30.1 Å². The first-order valence-electron chi connectivity index (χ1n) is 10.5. The van der Waals surface area contributed by atoms with Crippen molar-refractivity contribution >= 4 is 28.6 Å². The molecular formula is C23H27N7O. The van der Waals surface area contributed by atoms with Crippen molar-refractivity contribution in [1.29, 1.82) is 0 Å². The van der Waals surface area contributed by atoms with Crippen molar-refractivity contribution in [2.24, 2.45) is 0 Å². The molecule has 31 heavy (non-hydrogen) atoms. The van der Waals surface area contributed by atoms with Gasteiger partial charge in [0.2, 0.25) is 0 Å². The Morgan fingerprint density at radius 2 is 1.97 bits per heavy atom. The number of hydrazine groups is 1. The third kappa shape index (κ3) is 5.55. The molecule has 2 aromatic heterocycles. The second-order valence-electron chi connectivity index (χ2n) is 7.72. The summed E-state index contributed by atoms with van der Waals surface area (Å²) in [5.41, 5.74) is 8.78. The highest BCUT2D eigenvalue weighted by Gasteiger charge is 2.13. The van der Waals surface area contributed by atoms with Crippen LogP contribution in [0.25, 0.3) is 16.7 Å². The lowest BCUT2D eigenvalue weighted by atomic mass is 10.1. The fourth-order valence-corrected chi connectivity index (χ4v) is 3.38. The van der Waals surface area contributed by atoms with E-state index in [1.54, 1.807) is 12.3 Å². The SMILES string of the molecule is Cc1ccc(CCCCNC(=O)Nc2ccc3ncc(C4=CN(C)NC4)nc3n2)cc1. The van der Waals surface area contributed by atoms with E-state index >= 15 is 0 Å². The minimum atomic E-state index is -0.268. The zero-order valence-corrected chi connectivity index (χ0v) is 17.9. The summed E-state index contributed by atoms with van der Waals surface area (Å²) in [6.07, 6.45) is 6.67. The van der Waals surface area contributed by atoms with E-state index in [1.165, 1.54) is 11.1 Å². The van der Waals surface area contributed by atoms with E-state index in [9.17, 15) is 4.79 Å². The number of hydrogen-bond acceptors (Lipinski definition) is 6. The third-order valence-corrected chi connectivity index (χ3v) is 5.14. The van der Waals surface area contributed by atoms with Crippen LogP contribution in [0.2, 0.25) is 0 Å². The average Bonchev–Trinajstić information content (AvgIpc) is 3.20. The number of amides is 2. The highest BCUT2D eigenvalue weighted by atomic mass is 16.2. The Morgan fingerprint density at radius 1 is 1.13 bits per heavy atom. The number of anilines is 1. The fourth-order valence-electron chi connectivity index (χ4n) is 3.38. The number of benzene rings is 1. The number of hydrogen-bond donors (Lipinski definition) is 3. The van der Waals surface area contributed by atoms with Crippen LogP contribution >= 0.6 is 0 Å². The topological polar surface area (TPSA) is 95.1 Å². The van der Waals surface area contributed by atoms with Crippen LogP contribution in [-0.2, 0) is 6.42 Å². The molecule has 160 valence electrons. The third-order valence-electron chi connectivity index (χ3n) is 5.14.